The van der Waals surface area contributed by atoms with Crippen LogP contribution in [-0.4, -0.2) is 23.0 Å². The van der Waals surface area contributed by atoms with E-state index in [9.17, 15) is 9.59 Å². The summed E-state index contributed by atoms with van der Waals surface area (Å²) in [6.07, 6.45) is 0. The molecule has 0 unspecified atom stereocenters. The summed E-state index contributed by atoms with van der Waals surface area (Å²) in [7, 11) is 1.35. The number of methoxy groups -OCH3 is 1. The van der Waals surface area contributed by atoms with Gasteiger partial charge in [-0.05, 0) is 42.3 Å². The normalized spacial score (nSPS) is 10.6. The number of nitrogens with one attached hydrogen (secondary N) is 1. The summed E-state index contributed by atoms with van der Waals surface area (Å²) in [5, 5.41) is 0.542. The lowest BCUT2D eigenvalue weighted by Crippen LogP contribution is -2.09. The van der Waals surface area contributed by atoms with Crippen LogP contribution in [0.25, 0.3) is 22.0 Å². The third-order valence-corrected chi connectivity index (χ3v) is 3.46. The number of ether oxygens (including phenoxy) is 1. The molecule has 1 N–H and O–H groups in total. The van der Waals surface area contributed by atoms with Gasteiger partial charge in [-0.1, -0.05) is 18.2 Å². The topological polar surface area (TPSA) is 72.0 Å². The minimum atomic E-state index is -0.374. The van der Waals surface area contributed by atoms with Crippen LogP contribution in [0.2, 0.25) is 0 Å². The molecule has 3 aromatic rings. The van der Waals surface area contributed by atoms with Gasteiger partial charge >= 0.3 is 5.97 Å². The number of carbonyl (C=O) groups is 1. The van der Waals surface area contributed by atoms with Crippen LogP contribution in [-0.2, 0) is 4.74 Å². The molecule has 0 atom stereocenters. The second kappa shape index (κ2) is 5.44. The smallest absolute Gasteiger partial charge is 0.337 e. The van der Waals surface area contributed by atoms with Gasteiger partial charge in [-0.3, -0.25) is 4.79 Å². The molecule has 0 aliphatic heterocycles. The molecule has 1 heterocycles. The van der Waals surface area contributed by atoms with Crippen molar-refractivity contribution in [3.63, 3.8) is 0 Å². The molecule has 0 saturated carbocycles. The Labute approximate surface area is 126 Å². The fraction of sp³-hybridized carbons (Fsp3) is 0.118. The molecule has 110 valence electrons. The van der Waals surface area contributed by atoms with E-state index in [1.807, 2.05) is 24.3 Å². The van der Waals surface area contributed by atoms with Gasteiger partial charge in [0.05, 0.1) is 23.6 Å². The van der Waals surface area contributed by atoms with Crippen molar-refractivity contribution in [2.45, 2.75) is 6.92 Å². The predicted octanol–water partition coefficient (Wildman–Crippen LogP) is 2.69. The monoisotopic (exact) mass is 294 g/mol. The number of aromatic amines is 1. The van der Waals surface area contributed by atoms with Gasteiger partial charge in [0, 0.05) is 0 Å². The highest BCUT2D eigenvalue weighted by Gasteiger charge is 2.07. The molecule has 0 fully saturated rings. The minimum Gasteiger partial charge on any atom is -0.465 e. The second-order valence-corrected chi connectivity index (χ2v) is 4.95. The van der Waals surface area contributed by atoms with E-state index in [1.165, 1.54) is 7.11 Å². The molecule has 0 radical (unpaired) electrons. The number of H-pyrrole nitrogens is 1. The molecule has 1 aromatic heterocycles. The molecule has 0 aliphatic carbocycles. The Bertz CT molecular complexity index is 911. The van der Waals surface area contributed by atoms with Crippen molar-refractivity contribution >= 4 is 16.9 Å². The lowest BCUT2D eigenvalue weighted by Gasteiger charge is -2.05. The van der Waals surface area contributed by atoms with E-state index in [2.05, 4.69) is 14.7 Å². The SMILES string of the molecule is COC(=O)c1ccc(-c2ccc3nc(C)[nH]c(=O)c3c2)cc1. The maximum Gasteiger partial charge on any atom is 0.337 e. The van der Waals surface area contributed by atoms with Crippen molar-refractivity contribution in [2.75, 3.05) is 7.11 Å². The Kier molecular flexibility index (Phi) is 3.47. The van der Waals surface area contributed by atoms with Gasteiger partial charge in [0.2, 0.25) is 0 Å². The molecule has 5 heteroatoms. The van der Waals surface area contributed by atoms with E-state index in [4.69, 9.17) is 0 Å². The van der Waals surface area contributed by atoms with Gasteiger partial charge in [0.15, 0.2) is 0 Å². The van der Waals surface area contributed by atoms with Gasteiger partial charge in [-0.2, -0.15) is 0 Å². The molecule has 0 spiro atoms. The van der Waals surface area contributed by atoms with Gasteiger partial charge in [-0.25, -0.2) is 9.78 Å². The lowest BCUT2D eigenvalue weighted by molar-refractivity contribution is 0.0601. The van der Waals surface area contributed by atoms with Gasteiger partial charge in [-0.15, -0.1) is 0 Å². The number of nitrogens with zero attached hydrogens (tertiary/aromatic N) is 1. The van der Waals surface area contributed by atoms with Crippen LogP contribution in [0.1, 0.15) is 16.2 Å². The lowest BCUT2D eigenvalue weighted by atomic mass is 10.0. The van der Waals surface area contributed by atoms with E-state index < -0.39 is 0 Å². The molecule has 2 aromatic carbocycles. The zero-order chi connectivity index (χ0) is 15.7. The summed E-state index contributed by atoms with van der Waals surface area (Å²) in [5.74, 6) is 0.217. The van der Waals surface area contributed by atoms with Crippen molar-refractivity contribution < 1.29 is 9.53 Å². The summed E-state index contributed by atoms with van der Waals surface area (Å²) in [6.45, 7) is 1.75. The molecule has 0 bridgehead atoms. The Hall–Kier alpha value is -2.95. The first-order valence-corrected chi connectivity index (χ1v) is 6.78. The first-order chi connectivity index (χ1) is 10.6. The van der Waals surface area contributed by atoms with E-state index >= 15 is 0 Å². The van der Waals surface area contributed by atoms with E-state index in [-0.39, 0.29) is 11.5 Å². The van der Waals surface area contributed by atoms with Crippen molar-refractivity contribution in [1.82, 2.24) is 9.97 Å². The van der Waals surface area contributed by atoms with E-state index in [1.54, 1.807) is 25.1 Å². The number of hydrogen-bond donors (Lipinski definition) is 1. The van der Waals surface area contributed by atoms with Crippen LogP contribution >= 0.6 is 0 Å². The van der Waals surface area contributed by atoms with Crippen molar-refractivity contribution in [1.29, 1.82) is 0 Å². The number of fused-ring (bicyclic) bond motifs is 1. The summed E-state index contributed by atoms with van der Waals surface area (Å²) < 4.78 is 4.67. The number of aromatic nitrogens is 2. The summed E-state index contributed by atoms with van der Waals surface area (Å²) in [6, 6.07) is 12.6. The van der Waals surface area contributed by atoms with Crippen molar-refractivity contribution in [2.24, 2.45) is 0 Å². The van der Waals surface area contributed by atoms with Crippen LogP contribution in [0.15, 0.2) is 47.3 Å². The average molecular weight is 294 g/mol. The van der Waals surface area contributed by atoms with Crippen LogP contribution in [0, 0.1) is 6.92 Å². The van der Waals surface area contributed by atoms with Gasteiger partial charge in [0.1, 0.15) is 5.82 Å². The quantitative estimate of drug-likeness (QED) is 0.738. The zero-order valence-corrected chi connectivity index (χ0v) is 12.2. The first kappa shape index (κ1) is 14.0. The predicted molar refractivity (Wildman–Crippen MR) is 83.9 cm³/mol. The second-order valence-electron chi connectivity index (χ2n) is 4.95. The maximum absolute atomic E-state index is 12.0. The molecule has 5 nitrogen and oxygen atoms in total. The third kappa shape index (κ3) is 2.48. The molecule has 22 heavy (non-hydrogen) atoms. The summed E-state index contributed by atoms with van der Waals surface area (Å²) in [5.41, 5.74) is 2.79. The number of aryl methyl sites for hydroxylation is 1. The highest BCUT2D eigenvalue weighted by atomic mass is 16.5. The Morgan fingerprint density at radius 2 is 1.77 bits per heavy atom. The minimum absolute atomic E-state index is 0.157. The Morgan fingerprint density at radius 3 is 2.45 bits per heavy atom. The maximum atomic E-state index is 12.0. The van der Waals surface area contributed by atoms with Crippen LogP contribution in [0.4, 0.5) is 0 Å². The highest BCUT2D eigenvalue weighted by molar-refractivity contribution is 5.90. The van der Waals surface area contributed by atoms with Crippen molar-refractivity contribution in [3.05, 3.63) is 64.2 Å². The van der Waals surface area contributed by atoms with Crippen LogP contribution < -0.4 is 5.56 Å². The number of hydrogen-bond acceptors (Lipinski definition) is 4. The van der Waals surface area contributed by atoms with E-state index in [0.29, 0.717) is 22.3 Å². The number of rotatable bonds is 2. The summed E-state index contributed by atoms with van der Waals surface area (Å²) in [4.78, 5) is 30.4. The van der Waals surface area contributed by atoms with Gasteiger partial charge < -0.3 is 9.72 Å². The van der Waals surface area contributed by atoms with Crippen LogP contribution in [0.3, 0.4) is 0 Å². The fourth-order valence-corrected chi connectivity index (χ4v) is 2.35. The third-order valence-electron chi connectivity index (χ3n) is 3.46. The average Bonchev–Trinajstić information content (AvgIpc) is 2.54. The fourth-order valence-electron chi connectivity index (χ4n) is 2.35. The Morgan fingerprint density at radius 1 is 1.09 bits per heavy atom. The standard InChI is InChI=1S/C17H14N2O3/c1-10-18-15-8-7-13(9-14(15)16(20)19-10)11-3-5-12(6-4-11)17(21)22-2/h3-9H,1-2H3,(H,18,19,20). The number of benzene rings is 2. The number of esters is 1. The first-order valence-electron chi connectivity index (χ1n) is 6.78. The Balaban J connectivity index is 2.07. The molecule has 0 aliphatic rings. The molecular formula is C17H14N2O3. The highest BCUT2D eigenvalue weighted by Crippen LogP contribution is 2.22. The van der Waals surface area contributed by atoms with Crippen molar-refractivity contribution in [3.8, 4) is 11.1 Å². The molecular weight excluding hydrogens is 280 g/mol. The van der Waals surface area contributed by atoms with E-state index in [0.717, 1.165) is 11.1 Å². The summed E-state index contributed by atoms with van der Waals surface area (Å²) >= 11 is 0. The molecule has 0 amide bonds. The zero-order valence-electron chi connectivity index (χ0n) is 12.2. The largest absolute Gasteiger partial charge is 0.465 e. The van der Waals surface area contributed by atoms with Gasteiger partial charge in [0.25, 0.3) is 5.56 Å². The van der Waals surface area contributed by atoms with Crippen LogP contribution in [0.5, 0.6) is 0 Å². The molecule has 0 saturated heterocycles. The molecule has 3 rings (SSSR count). The number of carbonyl (C=O) groups excluding carboxylic acids is 1.